The van der Waals surface area contributed by atoms with Crippen molar-refractivity contribution < 1.29 is 9.59 Å². The van der Waals surface area contributed by atoms with Gasteiger partial charge in [0.2, 0.25) is 0 Å². The minimum Gasteiger partial charge on any atom is -0.351 e. The topological polar surface area (TPSA) is 75.8 Å². The number of primary amides is 1. The Bertz CT molecular complexity index is 782. The summed E-state index contributed by atoms with van der Waals surface area (Å²) in [5.74, 6) is -0.551. The third kappa shape index (κ3) is 2.37. The van der Waals surface area contributed by atoms with Crippen LogP contribution in [0.5, 0.6) is 0 Å². The van der Waals surface area contributed by atoms with Crippen molar-refractivity contribution in [1.29, 1.82) is 0 Å². The summed E-state index contributed by atoms with van der Waals surface area (Å²) in [6, 6.07) is 14.2. The molecule has 0 unspecified atom stereocenters. The molecule has 109 valence electrons. The largest absolute Gasteiger partial charge is 0.351 e. The van der Waals surface area contributed by atoms with Crippen molar-refractivity contribution >= 4 is 23.3 Å². The second-order valence-corrected chi connectivity index (χ2v) is 5.01. The number of carbonyl (C=O) groups is 2. The minimum absolute atomic E-state index is 0.453. The highest BCUT2D eigenvalue weighted by atomic mass is 16.2. The van der Waals surface area contributed by atoms with Gasteiger partial charge in [0.05, 0.1) is 11.4 Å². The van der Waals surface area contributed by atoms with Gasteiger partial charge < -0.3 is 5.73 Å². The molecule has 2 aromatic carbocycles. The summed E-state index contributed by atoms with van der Waals surface area (Å²) in [4.78, 5) is 29.1. The summed E-state index contributed by atoms with van der Waals surface area (Å²) in [7, 11) is 0. The number of imide groups is 1. The van der Waals surface area contributed by atoms with Crippen molar-refractivity contribution in [3.05, 3.63) is 71.8 Å². The van der Waals surface area contributed by atoms with E-state index < -0.39 is 11.9 Å². The lowest BCUT2D eigenvalue weighted by Crippen LogP contribution is -2.40. The average Bonchev–Trinajstić information content (AvgIpc) is 2.63. The van der Waals surface area contributed by atoms with Crippen LogP contribution >= 0.6 is 0 Å². The first kappa shape index (κ1) is 14.0. The van der Waals surface area contributed by atoms with Gasteiger partial charge in [-0.25, -0.2) is 9.69 Å². The van der Waals surface area contributed by atoms with Crippen LogP contribution in [0.2, 0.25) is 0 Å². The Kier molecular flexibility index (Phi) is 3.47. The molecule has 2 N–H and O–H groups in total. The molecule has 1 aliphatic heterocycles. The van der Waals surface area contributed by atoms with Gasteiger partial charge in [-0.15, -0.1) is 0 Å². The van der Waals surface area contributed by atoms with Crippen LogP contribution in [0.25, 0.3) is 0 Å². The summed E-state index contributed by atoms with van der Waals surface area (Å²) in [6.45, 7) is 3.01. The molecule has 0 fully saturated rings. The first-order valence-electron chi connectivity index (χ1n) is 6.79. The van der Waals surface area contributed by atoms with Gasteiger partial charge >= 0.3 is 6.03 Å². The molecule has 3 rings (SSSR count). The monoisotopic (exact) mass is 292 g/mol. The van der Waals surface area contributed by atoms with Crippen molar-refractivity contribution in [2.24, 2.45) is 10.7 Å². The number of anilines is 1. The molecule has 1 radical (unpaired) electrons. The lowest BCUT2D eigenvalue weighted by molar-refractivity contribution is -0.114. The zero-order chi connectivity index (χ0) is 15.7. The fourth-order valence-corrected chi connectivity index (χ4v) is 2.45. The van der Waals surface area contributed by atoms with Gasteiger partial charge in [0, 0.05) is 11.1 Å². The molecule has 0 bridgehead atoms. The van der Waals surface area contributed by atoms with Crippen molar-refractivity contribution in [3.63, 3.8) is 0 Å². The highest BCUT2D eigenvalue weighted by molar-refractivity contribution is 6.26. The van der Waals surface area contributed by atoms with Gasteiger partial charge in [-0.3, -0.25) is 9.79 Å². The molecule has 5 heteroatoms. The highest BCUT2D eigenvalue weighted by Gasteiger charge is 2.28. The van der Waals surface area contributed by atoms with E-state index in [1.54, 1.807) is 6.07 Å². The fourth-order valence-electron chi connectivity index (χ4n) is 2.45. The molecule has 0 spiro atoms. The number of urea groups is 1. The van der Waals surface area contributed by atoms with Crippen LogP contribution in [0, 0.1) is 13.5 Å². The number of fused-ring (bicyclic) bond motifs is 1. The van der Waals surface area contributed by atoms with Crippen LogP contribution in [0.15, 0.2) is 53.5 Å². The van der Waals surface area contributed by atoms with Crippen LogP contribution in [0.4, 0.5) is 10.5 Å². The van der Waals surface area contributed by atoms with E-state index in [-0.39, 0.29) is 0 Å². The normalized spacial score (nSPS) is 14.1. The Morgan fingerprint density at radius 3 is 2.55 bits per heavy atom. The van der Waals surface area contributed by atoms with Crippen LogP contribution in [-0.2, 0) is 4.79 Å². The Balaban J connectivity index is 2.24. The smallest absolute Gasteiger partial charge is 0.326 e. The molecular formula is C17H14N3O2. The molecule has 1 heterocycles. The number of nitrogens with zero attached hydrogens (tertiary/aromatic N) is 2. The maximum absolute atomic E-state index is 12.2. The average molecular weight is 292 g/mol. The number of rotatable bonds is 1. The molecule has 0 saturated heterocycles. The van der Waals surface area contributed by atoms with E-state index in [4.69, 9.17) is 5.73 Å². The molecule has 0 saturated carbocycles. The molecule has 22 heavy (non-hydrogen) atoms. The fraction of sp³-hybridized carbons (Fsp3) is 0.0588. The van der Waals surface area contributed by atoms with Crippen LogP contribution in [0.1, 0.15) is 16.7 Å². The number of hydrogen-bond acceptors (Lipinski definition) is 3. The van der Waals surface area contributed by atoms with Crippen molar-refractivity contribution in [2.45, 2.75) is 6.92 Å². The van der Waals surface area contributed by atoms with E-state index in [1.807, 2.05) is 49.4 Å². The first-order chi connectivity index (χ1) is 10.6. The zero-order valence-electron chi connectivity index (χ0n) is 12.0. The highest BCUT2D eigenvalue weighted by Crippen LogP contribution is 2.28. The second-order valence-electron chi connectivity index (χ2n) is 5.01. The van der Waals surface area contributed by atoms with Gasteiger partial charge in [-0.05, 0) is 18.6 Å². The number of amides is 3. The number of aliphatic imine (C=N–C) groups is 1. The second kappa shape index (κ2) is 5.44. The maximum atomic E-state index is 12.2. The standard InChI is InChI=1S/C17H14N3O2/c1-11-7-8-13-14(9-11)20(17(18)22)15(21)10-19-16(13)12-5-3-2-4-6-12/h2-10H,1H3,(H2,18,22). The van der Waals surface area contributed by atoms with Crippen LogP contribution in [0.3, 0.4) is 0 Å². The first-order valence-corrected chi connectivity index (χ1v) is 6.79. The molecule has 0 atom stereocenters. The van der Waals surface area contributed by atoms with Gasteiger partial charge in [0.1, 0.15) is 0 Å². The van der Waals surface area contributed by atoms with E-state index in [0.717, 1.165) is 22.6 Å². The summed E-state index contributed by atoms with van der Waals surface area (Å²) in [6.07, 6.45) is 0. The third-order valence-corrected chi connectivity index (χ3v) is 3.44. The van der Waals surface area contributed by atoms with Crippen molar-refractivity contribution in [3.8, 4) is 0 Å². The van der Waals surface area contributed by atoms with E-state index in [2.05, 4.69) is 4.99 Å². The molecule has 3 amide bonds. The Labute approximate surface area is 128 Å². The summed E-state index contributed by atoms with van der Waals surface area (Å²) in [5.41, 5.74) is 8.94. The van der Waals surface area contributed by atoms with Crippen LogP contribution in [-0.4, -0.2) is 17.6 Å². The van der Waals surface area contributed by atoms with Gasteiger partial charge in [0.25, 0.3) is 5.91 Å². The summed E-state index contributed by atoms with van der Waals surface area (Å²) in [5, 5.41) is 0. The van der Waals surface area contributed by atoms with E-state index >= 15 is 0 Å². The maximum Gasteiger partial charge on any atom is 0.326 e. The Hall–Kier alpha value is -2.95. The van der Waals surface area contributed by atoms with Gasteiger partial charge in [0.15, 0.2) is 6.54 Å². The van der Waals surface area contributed by atoms with Crippen molar-refractivity contribution in [2.75, 3.05) is 4.90 Å². The number of benzene rings is 2. The molecule has 0 aliphatic carbocycles. The lowest BCUT2D eigenvalue weighted by atomic mass is 9.99. The molecule has 5 nitrogen and oxygen atoms in total. The minimum atomic E-state index is -0.822. The predicted octanol–water partition coefficient (Wildman–Crippen LogP) is 2.42. The van der Waals surface area contributed by atoms with Crippen LogP contribution < -0.4 is 10.6 Å². The third-order valence-electron chi connectivity index (χ3n) is 3.44. The lowest BCUT2D eigenvalue weighted by Gasteiger charge is -2.19. The van der Waals surface area contributed by atoms with Gasteiger partial charge in [-0.1, -0.05) is 42.5 Å². The Morgan fingerprint density at radius 1 is 1.14 bits per heavy atom. The zero-order valence-corrected chi connectivity index (χ0v) is 12.0. The molecule has 1 aliphatic rings. The Morgan fingerprint density at radius 2 is 1.86 bits per heavy atom. The van der Waals surface area contributed by atoms with E-state index in [9.17, 15) is 9.59 Å². The SMILES string of the molecule is Cc1ccc2c(c1)N(C(N)=O)C(=O)[CH]N=C2c1ccccc1. The number of benzodiazepines with no additional fused rings is 1. The quantitative estimate of drug-likeness (QED) is 0.876. The summed E-state index contributed by atoms with van der Waals surface area (Å²) >= 11 is 0. The van der Waals surface area contributed by atoms with E-state index in [0.29, 0.717) is 17.0 Å². The number of nitrogens with two attached hydrogens (primary N) is 1. The molecule has 0 aromatic heterocycles. The van der Waals surface area contributed by atoms with E-state index in [1.165, 1.54) is 0 Å². The number of hydrogen-bond donors (Lipinski definition) is 1. The molecule has 2 aromatic rings. The predicted molar refractivity (Wildman–Crippen MR) is 84.6 cm³/mol. The van der Waals surface area contributed by atoms with Crippen molar-refractivity contribution in [1.82, 2.24) is 0 Å². The number of aryl methyl sites for hydroxylation is 1. The molecular weight excluding hydrogens is 278 g/mol. The number of carbonyl (C=O) groups excluding carboxylic acids is 2. The summed E-state index contributed by atoms with van der Waals surface area (Å²) < 4.78 is 0. The van der Waals surface area contributed by atoms with Gasteiger partial charge in [-0.2, -0.15) is 0 Å².